The van der Waals surface area contributed by atoms with Crippen LogP contribution >= 0.6 is 0 Å². The van der Waals surface area contributed by atoms with Gasteiger partial charge in [0.1, 0.15) is 0 Å². The molecule has 14 heavy (non-hydrogen) atoms. The number of hydrogen-bond acceptors (Lipinski definition) is 3. The van der Waals surface area contributed by atoms with E-state index in [1.54, 1.807) is 0 Å². The summed E-state index contributed by atoms with van der Waals surface area (Å²) in [6, 6.07) is 0. The Kier molecular flexibility index (Phi) is 2.40. The second kappa shape index (κ2) is 3.12. The van der Waals surface area contributed by atoms with E-state index in [1.165, 1.54) is 5.32 Å². The molecule has 1 amide bonds. The Labute approximate surface area is 75.8 Å². The van der Waals surface area contributed by atoms with E-state index in [9.17, 15) is 22.8 Å². The maximum atomic E-state index is 11.8. The maximum absolute atomic E-state index is 11.8. The van der Waals surface area contributed by atoms with Crippen LogP contribution in [0.4, 0.5) is 13.2 Å². The van der Waals surface area contributed by atoms with Gasteiger partial charge in [0, 0.05) is 0 Å². The predicted molar refractivity (Wildman–Crippen MR) is 35.4 cm³/mol. The van der Waals surface area contributed by atoms with Crippen molar-refractivity contribution in [2.24, 2.45) is 0 Å². The Balaban J connectivity index is 2.67. The number of aliphatic carboxylic acids is 1. The van der Waals surface area contributed by atoms with Crippen molar-refractivity contribution >= 4 is 11.9 Å². The molecule has 0 spiro atoms. The number of rotatable bonds is 2. The first-order chi connectivity index (χ1) is 6.28. The number of carbonyl (C=O) groups excluding carboxylic acids is 1. The minimum atomic E-state index is -5.09. The van der Waals surface area contributed by atoms with Crippen LogP contribution in [0, 0.1) is 0 Å². The van der Waals surface area contributed by atoms with Gasteiger partial charge in [-0.25, -0.2) is 4.79 Å². The van der Waals surface area contributed by atoms with Crippen LogP contribution in [0.2, 0.25) is 0 Å². The molecule has 80 valence electrons. The van der Waals surface area contributed by atoms with E-state index in [2.05, 4.69) is 4.74 Å². The molecule has 0 bridgehead atoms. The summed E-state index contributed by atoms with van der Waals surface area (Å²) in [6.45, 7) is -0.908. The van der Waals surface area contributed by atoms with Crippen molar-refractivity contribution in [1.82, 2.24) is 5.32 Å². The molecule has 1 fully saturated rings. The van der Waals surface area contributed by atoms with Gasteiger partial charge in [0.15, 0.2) is 5.54 Å². The summed E-state index contributed by atoms with van der Waals surface area (Å²) in [4.78, 5) is 20.9. The topological polar surface area (TPSA) is 75.6 Å². The lowest BCUT2D eigenvalue weighted by atomic mass is 9.98. The third-order valence-electron chi connectivity index (χ3n) is 1.72. The van der Waals surface area contributed by atoms with E-state index in [1.807, 2.05) is 0 Å². The SMILES string of the molecule is O=C(NC1(C(=O)O)COC1)C(F)(F)F. The van der Waals surface area contributed by atoms with Crippen LogP contribution in [0.15, 0.2) is 0 Å². The molecule has 1 rings (SSSR count). The summed E-state index contributed by atoms with van der Waals surface area (Å²) in [5.41, 5.74) is -1.92. The van der Waals surface area contributed by atoms with Crippen LogP contribution in [-0.4, -0.2) is 41.9 Å². The molecule has 0 unspecified atom stereocenters. The van der Waals surface area contributed by atoms with Crippen LogP contribution in [0.25, 0.3) is 0 Å². The fourth-order valence-electron chi connectivity index (χ4n) is 0.843. The Morgan fingerprint density at radius 3 is 2.07 bits per heavy atom. The summed E-state index contributed by atoms with van der Waals surface area (Å²) < 4.78 is 39.7. The zero-order valence-electron chi connectivity index (χ0n) is 6.72. The van der Waals surface area contributed by atoms with Crippen molar-refractivity contribution in [2.45, 2.75) is 11.7 Å². The highest BCUT2D eigenvalue weighted by Crippen LogP contribution is 2.21. The van der Waals surface area contributed by atoms with Gasteiger partial charge in [-0.2, -0.15) is 13.2 Å². The van der Waals surface area contributed by atoms with Gasteiger partial charge in [0.25, 0.3) is 0 Å². The highest BCUT2D eigenvalue weighted by Gasteiger charge is 2.52. The normalized spacial score (nSPS) is 19.6. The molecule has 2 N–H and O–H groups in total. The zero-order valence-corrected chi connectivity index (χ0v) is 6.72. The van der Waals surface area contributed by atoms with Gasteiger partial charge in [-0.15, -0.1) is 0 Å². The third-order valence-corrected chi connectivity index (χ3v) is 1.72. The van der Waals surface area contributed by atoms with Gasteiger partial charge in [-0.3, -0.25) is 4.79 Å². The monoisotopic (exact) mass is 213 g/mol. The van der Waals surface area contributed by atoms with Gasteiger partial charge < -0.3 is 15.2 Å². The minimum Gasteiger partial charge on any atom is -0.479 e. The lowest BCUT2D eigenvalue weighted by Crippen LogP contribution is -2.68. The molecule has 0 aromatic carbocycles. The van der Waals surface area contributed by atoms with E-state index in [4.69, 9.17) is 5.11 Å². The van der Waals surface area contributed by atoms with Crippen molar-refractivity contribution in [2.75, 3.05) is 13.2 Å². The molecular formula is C6H6F3NO4. The van der Waals surface area contributed by atoms with E-state index in [-0.39, 0.29) is 0 Å². The first kappa shape index (κ1) is 10.8. The molecule has 5 nitrogen and oxygen atoms in total. The lowest BCUT2D eigenvalue weighted by molar-refractivity contribution is -0.188. The number of hydrogen-bond donors (Lipinski definition) is 2. The molecule has 0 aliphatic carbocycles. The van der Waals surface area contributed by atoms with Gasteiger partial charge in [-0.05, 0) is 0 Å². The van der Waals surface area contributed by atoms with Crippen molar-refractivity contribution in [3.63, 3.8) is 0 Å². The highest BCUT2D eigenvalue weighted by atomic mass is 19.4. The van der Waals surface area contributed by atoms with Crippen LogP contribution in [0.5, 0.6) is 0 Å². The zero-order chi connectivity index (χ0) is 11.0. The average molecular weight is 213 g/mol. The number of carbonyl (C=O) groups is 2. The summed E-state index contributed by atoms with van der Waals surface area (Å²) in [5.74, 6) is -3.82. The molecule has 1 saturated heterocycles. The lowest BCUT2D eigenvalue weighted by Gasteiger charge is -2.37. The van der Waals surface area contributed by atoms with Crippen molar-refractivity contribution in [3.8, 4) is 0 Å². The van der Waals surface area contributed by atoms with Crippen LogP contribution < -0.4 is 5.32 Å². The Morgan fingerprint density at radius 2 is 1.86 bits per heavy atom. The van der Waals surface area contributed by atoms with Gasteiger partial charge in [-0.1, -0.05) is 0 Å². The van der Waals surface area contributed by atoms with Crippen LogP contribution in [0.3, 0.4) is 0 Å². The summed E-state index contributed by atoms with van der Waals surface area (Å²) in [7, 11) is 0. The molecule has 1 heterocycles. The predicted octanol–water partition coefficient (Wildman–Crippen LogP) is -0.482. The second-order valence-electron chi connectivity index (χ2n) is 2.83. The Hall–Kier alpha value is -1.31. The number of ether oxygens (including phenoxy) is 1. The second-order valence-corrected chi connectivity index (χ2v) is 2.83. The van der Waals surface area contributed by atoms with E-state index in [0.717, 1.165) is 0 Å². The minimum absolute atomic E-state index is 0.454. The number of nitrogens with one attached hydrogen (secondary N) is 1. The number of halogens is 3. The van der Waals surface area contributed by atoms with Crippen molar-refractivity contribution in [1.29, 1.82) is 0 Å². The molecule has 1 aliphatic heterocycles. The number of carboxylic acid groups (broad SMARTS) is 1. The number of carboxylic acids is 1. The standard InChI is InChI=1S/C6H6F3NO4/c7-6(8,9)3(11)10-5(4(12)13)1-14-2-5/h1-2H2,(H,10,11)(H,12,13). The third kappa shape index (κ3) is 1.79. The molecule has 0 atom stereocenters. The molecule has 0 radical (unpaired) electrons. The van der Waals surface area contributed by atoms with E-state index in [0.29, 0.717) is 0 Å². The average Bonchev–Trinajstić information content (AvgIpc) is 1.93. The smallest absolute Gasteiger partial charge is 0.471 e. The van der Waals surface area contributed by atoms with Crippen molar-refractivity contribution in [3.05, 3.63) is 0 Å². The first-order valence-corrected chi connectivity index (χ1v) is 3.48. The number of amides is 1. The molecule has 0 aromatic heterocycles. The summed E-state index contributed by atoms with van der Waals surface area (Å²) in [6.07, 6.45) is -5.09. The van der Waals surface area contributed by atoms with E-state index < -0.39 is 36.8 Å². The molecule has 1 aliphatic rings. The molecular weight excluding hydrogens is 207 g/mol. The fourth-order valence-corrected chi connectivity index (χ4v) is 0.843. The first-order valence-electron chi connectivity index (χ1n) is 3.48. The van der Waals surface area contributed by atoms with Crippen molar-refractivity contribution < 1.29 is 32.6 Å². The Bertz CT molecular complexity index is 271. The van der Waals surface area contributed by atoms with Gasteiger partial charge >= 0.3 is 18.1 Å². The largest absolute Gasteiger partial charge is 0.479 e. The van der Waals surface area contributed by atoms with Crippen LogP contribution in [-0.2, 0) is 14.3 Å². The van der Waals surface area contributed by atoms with Gasteiger partial charge in [0.2, 0.25) is 0 Å². The van der Waals surface area contributed by atoms with E-state index >= 15 is 0 Å². The van der Waals surface area contributed by atoms with Crippen LogP contribution in [0.1, 0.15) is 0 Å². The fraction of sp³-hybridized carbons (Fsp3) is 0.667. The maximum Gasteiger partial charge on any atom is 0.471 e. The highest BCUT2D eigenvalue weighted by molar-refractivity contribution is 5.90. The molecule has 0 saturated carbocycles. The molecule has 8 heteroatoms. The van der Waals surface area contributed by atoms with Gasteiger partial charge in [0.05, 0.1) is 13.2 Å². The summed E-state index contributed by atoms with van der Waals surface area (Å²) >= 11 is 0. The summed E-state index contributed by atoms with van der Waals surface area (Å²) in [5, 5.41) is 9.92. The number of alkyl halides is 3. The molecule has 0 aromatic rings. The Morgan fingerprint density at radius 1 is 1.36 bits per heavy atom. The quantitative estimate of drug-likeness (QED) is 0.649.